The van der Waals surface area contributed by atoms with Gasteiger partial charge in [-0.2, -0.15) is 0 Å². The van der Waals surface area contributed by atoms with Crippen LogP contribution in [-0.2, 0) is 19.1 Å². The van der Waals surface area contributed by atoms with Crippen LogP contribution in [-0.4, -0.2) is 103 Å². The van der Waals surface area contributed by atoms with Gasteiger partial charge in [0.2, 0.25) is 5.91 Å². The Labute approximate surface area is 230 Å². The number of piperazine rings is 1. The van der Waals surface area contributed by atoms with E-state index in [0.717, 1.165) is 38.3 Å². The lowest BCUT2D eigenvalue weighted by Gasteiger charge is -2.42. The maximum atomic E-state index is 13.8. The third kappa shape index (κ3) is 5.28. The van der Waals surface area contributed by atoms with Gasteiger partial charge in [0.25, 0.3) is 11.8 Å². The van der Waals surface area contributed by atoms with Crippen LogP contribution in [0, 0.1) is 5.92 Å². The first-order valence-electron chi connectivity index (χ1n) is 14.3. The Bertz CT molecular complexity index is 1090. The number of ether oxygens (including phenoxy) is 1. The van der Waals surface area contributed by atoms with Gasteiger partial charge in [-0.1, -0.05) is 13.8 Å². The minimum absolute atomic E-state index is 0.00366. The zero-order valence-corrected chi connectivity index (χ0v) is 23.3. The highest BCUT2D eigenvalue weighted by Crippen LogP contribution is 2.40. The molecule has 5 rings (SSSR count). The van der Waals surface area contributed by atoms with Crippen molar-refractivity contribution in [2.75, 3.05) is 51.3 Å². The molecule has 39 heavy (non-hydrogen) atoms. The van der Waals surface area contributed by atoms with E-state index in [1.165, 1.54) is 0 Å². The molecular formula is C29H41N5O5. The van der Waals surface area contributed by atoms with Crippen molar-refractivity contribution in [3.63, 3.8) is 0 Å². The number of likely N-dealkylation sites (tertiary alicyclic amines) is 2. The van der Waals surface area contributed by atoms with Gasteiger partial charge in [-0.25, -0.2) is 0 Å². The van der Waals surface area contributed by atoms with Crippen LogP contribution in [0.5, 0.6) is 0 Å². The van der Waals surface area contributed by atoms with Gasteiger partial charge in [-0.3, -0.25) is 19.2 Å². The van der Waals surface area contributed by atoms with E-state index >= 15 is 0 Å². The highest BCUT2D eigenvalue weighted by Gasteiger charge is 2.56. The fourth-order valence-corrected chi connectivity index (χ4v) is 6.49. The van der Waals surface area contributed by atoms with Crippen molar-refractivity contribution >= 4 is 29.2 Å². The number of benzene rings is 1. The van der Waals surface area contributed by atoms with E-state index in [1.54, 1.807) is 29.0 Å². The number of carbonyl (C=O) groups is 4. The minimum atomic E-state index is -0.832. The summed E-state index contributed by atoms with van der Waals surface area (Å²) in [6.45, 7) is 8.10. The van der Waals surface area contributed by atoms with E-state index in [9.17, 15) is 19.2 Å². The van der Waals surface area contributed by atoms with E-state index in [-0.39, 0.29) is 42.0 Å². The van der Waals surface area contributed by atoms with E-state index in [0.29, 0.717) is 37.8 Å². The number of amides is 3. The Morgan fingerprint density at radius 1 is 1.08 bits per heavy atom. The van der Waals surface area contributed by atoms with Gasteiger partial charge in [0.1, 0.15) is 17.7 Å². The molecule has 3 amide bonds. The first kappa shape index (κ1) is 27.6. The summed E-state index contributed by atoms with van der Waals surface area (Å²) in [5.74, 6) is -0.663. The van der Waals surface area contributed by atoms with Gasteiger partial charge in [0.05, 0.1) is 12.6 Å². The molecule has 0 spiro atoms. The van der Waals surface area contributed by atoms with Gasteiger partial charge in [-0.05, 0) is 62.3 Å². The minimum Gasteiger partial charge on any atom is -0.369 e. The first-order chi connectivity index (χ1) is 18.7. The van der Waals surface area contributed by atoms with Gasteiger partial charge < -0.3 is 30.1 Å². The average molecular weight is 540 g/mol. The smallest absolute Gasteiger partial charge is 0.255 e. The zero-order chi connectivity index (χ0) is 27.7. The largest absolute Gasteiger partial charge is 0.369 e. The van der Waals surface area contributed by atoms with E-state index in [2.05, 4.69) is 15.5 Å². The summed E-state index contributed by atoms with van der Waals surface area (Å²) in [6.07, 6.45) is 3.25. The van der Waals surface area contributed by atoms with Crippen molar-refractivity contribution in [2.24, 2.45) is 5.92 Å². The molecule has 0 aromatic heterocycles. The summed E-state index contributed by atoms with van der Waals surface area (Å²) in [5.41, 5.74) is 0.733. The Kier molecular flexibility index (Phi) is 7.96. The van der Waals surface area contributed by atoms with E-state index in [1.807, 2.05) is 26.0 Å². The molecule has 4 aliphatic rings. The molecule has 1 aromatic carbocycles. The molecule has 1 aromatic rings. The van der Waals surface area contributed by atoms with Crippen molar-refractivity contribution in [3.05, 3.63) is 29.8 Å². The molecule has 3 heterocycles. The Morgan fingerprint density at radius 2 is 1.77 bits per heavy atom. The molecule has 1 saturated carbocycles. The molecule has 0 bridgehead atoms. The van der Waals surface area contributed by atoms with Gasteiger partial charge >= 0.3 is 0 Å². The Hall–Kier alpha value is -2.98. The number of anilines is 1. The summed E-state index contributed by atoms with van der Waals surface area (Å²) < 4.78 is 5.58. The molecule has 212 valence electrons. The van der Waals surface area contributed by atoms with Crippen LogP contribution < -0.4 is 15.5 Å². The van der Waals surface area contributed by atoms with Crippen LogP contribution in [0.1, 0.15) is 56.3 Å². The second kappa shape index (κ2) is 11.3. The zero-order valence-electron chi connectivity index (χ0n) is 23.3. The average Bonchev–Trinajstić information content (AvgIpc) is 3.49. The van der Waals surface area contributed by atoms with Gasteiger partial charge in [0.15, 0.2) is 5.78 Å². The van der Waals surface area contributed by atoms with Crippen LogP contribution >= 0.6 is 0 Å². The predicted octanol–water partition coefficient (Wildman–Crippen LogP) is 1.19. The third-order valence-corrected chi connectivity index (χ3v) is 8.83. The van der Waals surface area contributed by atoms with Gasteiger partial charge in [0, 0.05) is 51.1 Å². The number of Topliss-reactive ketones (excluding diaryl/α,β-unsaturated/α-hetero) is 1. The number of fused-ring (bicyclic) bond motifs is 1. The summed E-state index contributed by atoms with van der Waals surface area (Å²) in [7, 11) is 1.55. The predicted molar refractivity (Wildman–Crippen MR) is 146 cm³/mol. The summed E-state index contributed by atoms with van der Waals surface area (Å²) >= 11 is 0. The molecule has 3 atom stereocenters. The number of rotatable bonds is 8. The number of hydrogen-bond donors (Lipinski definition) is 2. The number of methoxy groups -OCH3 is 1. The molecular weight excluding hydrogens is 498 g/mol. The molecule has 3 saturated heterocycles. The fraction of sp³-hybridized carbons (Fsp3) is 0.655. The van der Waals surface area contributed by atoms with Gasteiger partial charge in [-0.15, -0.1) is 0 Å². The number of nitrogens with one attached hydrogen (secondary N) is 2. The monoisotopic (exact) mass is 539 g/mol. The highest BCUT2D eigenvalue weighted by molar-refractivity contribution is 6.01. The molecule has 2 N–H and O–H groups in total. The molecule has 0 radical (unpaired) electrons. The molecule has 3 unspecified atom stereocenters. The lowest BCUT2D eigenvalue weighted by Crippen LogP contribution is -2.56. The lowest BCUT2D eigenvalue weighted by molar-refractivity contribution is -0.167. The Balaban J connectivity index is 1.27. The topological polar surface area (TPSA) is 111 Å². The number of ketones is 1. The maximum Gasteiger partial charge on any atom is 0.255 e. The summed E-state index contributed by atoms with van der Waals surface area (Å²) in [4.78, 5) is 59.0. The van der Waals surface area contributed by atoms with Crippen molar-refractivity contribution in [2.45, 2.75) is 69.7 Å². The second-order valence-corrected chi connectivity index (χ2v) is 11.7. The highest BCUT2D eigenvalue weighted by atomic mass is 16.5. The number of nitrogens with zero attached hydrogens (tertiary/aromatic N) is 3. The third-order valence-electron chi connectivity index (χ3n) is 8.83. The van der Waals surface area contributed by atoms with Crippen LogP contribution in [0.25, 0.3) is 0 Å². The van der Waals surface area contributed by atoms with Crippen molar-refractivity contribution in [3.8, 4) is 0 Å². The molecule has 4 fully saturated rings. The van der Waals surface area contributed by atoms with E-state index < -0.39 is 17.7 Å². The first-order valence-corrected chi connectivity index (χ1v) is 14.3. The number of carbonyl (C=O) groups excluding carboxylic acids is 4. The molecule has 10 heteroatoms. The molecule has 10 nitrogen and oxygen atoms in total. The second-order valence-electron chi connectivity index (χ2n) is 11.7. The maximum absolute atomic E-state index is 13.8. The summed E-state index contributed by atoms with van der Waals surface area (Å²) in [6, 6.07) is 5.73. The standard InChI is InChI=1S/C29H41N5O5/c1-19(2)17-22(31-26(36)20-5-7-21(8-6-20)32-15-12-30-13-16-32)27(37)33-14-9-23-25(33)24(35)18-34(23)28(38)29(39-3)10-4-11-29/h5-8,19,22-23,25,30H,4,9-18H2,1-3H3,(H,31,36). The Morgan fingerprint density at radius 3 is 2.36 bits per heavy atom. The van der Waals surface area contributed by atoms with Crippen molar-refractivity contribution in [1.82, 2.24) is 20.4 Å². The lowest BCUT2D eigenvalue weighted by atomic mass is 9.78. The SMILES string of the molecule is COC1(C(=O)N2CC(=O)C3C2CCN3C(=O)C(CC(C)C)NC(=O)c2ccc(N3CCNCC3)cc2)CCC1. The van der Waals surface area contributed by atoms with Crippen LogP contribution in [0.4, 0.5) is 5.69 Å². The van der Waals surface area contributed by atoms with Crippen molar-refractivity contribution < 1.29 is 23.9 Å². The summed E-state index contributed by atoms with van der Waals surface area (Å²) in [5, 5.41) is 6.29. The van der Waals surface area contributed by atoms with E-state index in [4.69, 9.17) is 4.74 Å². The van der Waals surface area contributed by atoms with Crippen LogP contribution in [0.2, 0.25) is 0 Å². The molecule has 1 aliphatic carbocycles. The fourth-order valence-electron chi connectivity index (χ4n) is 6.49. The van der Waals surface area contributed by atoms with Crippen LogP contribution in [0.3, 0.4) is 0 Å². The quantitative estimate of drug-likeness (QED) is 0.511. The normalized spacial score (nSPS) is 24.9. The number of hydrogen-bond acceptors (Lipinski definition) is 7. The molecule has 3 aliphatic heterocycles. The van der Waals surface area contributed by atoms with Crippen LogP contribution in [0.15, 0.2) is 24.3 Å². The van der Waals surface area contributed by atoms with Crippen molar-refractivity contribution in [1.29, 1.82) is 0 Å².